The van der Waals surface area contributed by atoms with Gasteiger partial charge in [0.15, 0.2) is 6.10 Å². The SMILES string of the molecule is [O-][I+2]([O-])OC1C=Cc2ccccc21. The van der Waals surface area contributed by atoms with Crippen LogP contribution >= 0.6 is 0 Å². The van der Waals surface area contributed by atoms with Gasteiger partial charge in [-0.25, -0.2) is 0 Å². The van der Waals surface area contributed by atoms with Crippen molar-refractivity contribution in [1.29, 1.82) is 0 Å². The molecule has 0 N–H and O–H groups in total. The van der Waals surface area contributed by atoms with Gasteiger partial charge in [0.25, 0.3) is 0 Å². The first-order chi connectivity index (χ1) is 6.27. The minimum atomic E-state index is -3.59. The summed E-state index contributed by atoms with van der Waals surface area (Å²) in [5.41, 5.74) is 1.96. The van der Waals surface area contributed by atoms with E-state index in [1.54, 1.807) is 6.08 Å². The zero-order chi connectivity index (χ0) is 9.26. The van der Waals surface area contributed by atoms with E-state index in [1.165, 1.54) is 0 Å². The molecule has 0 aromatic heterocycles. The van der Waals surface area contributed by atoms with E-state index in [-0.39, 0.29) is 0 Å². The minimum absolute atomic E-state index is 0.392. The summed E-state index contributed by atoms with van der Waals surface area (Å²) in [6.07, 6.45) is 3.24. The monoisotopic (exact) mass is 290 g/mol. The van der Waals surface area contributed by atoms with Crippen LogP contribution in [0.25, 0.3) is 6.08 Å². The Balaban J connectivity index is 2.23. The summed E-state index contributed by atoms with van der Waals surface area (Å²) in [4.78, 5) is 0. The fourth-order valence-corrected chi connectivity index (χ4v) is 2.26. The molecule has 13 heavy (non-hydrogen) atoms. The first kappa shape index (κ1) is 9.14. The molecule has 0 heterocycles. The Bertz CT molecular complexity index is 335. The molecule has 0 fully saturated rings. The van der Waals surface area contributed by atoms with Crippen LogP contribution in [0.3, 0.4) is 0 Å². The van der Waals surface area contributed by atoms with Crippen molar-refractivity contribution in [2.24, 2.45) is 0 Å². The van der Waals surface area contributed by atoms with E-state index in [9.17, 15) is 6.87 Å². The highest BCUT2D eigenvalue weighted by Gasteiger charge is 2.27. The molecule has 1 aliphatic carbocycles. The number of rotatable bonds is 2. The summed E-state index contributed by atoms with van der Waals surface area (Å²) >= 11 is -3.59. The van der Waals surface area contributed by atoms with Crippen LogP contribution in [0.15, 0.2) is 30.3 Å². The molecule has 2 rings (SSSR count). The standard InChI is InChI=1S/C9H7IO3/c11-10(12)13-9-6-5-7-3-1-2-4-8(7)9/h1-6,9H. The highest BCUT2D eigenvalue weighted by Crippen LogP contribution is 2.28. The minimum Gasteiger partial charge on any atom is -0.396 e. The number of halogens is 1. The molecular weight excluding hydrogens is 283 g/mol. The first-order valence-electron chi connectivity index (χ1n) is 3.77. The molecule has 1 atom stereocenters. The van der Waals surface area contributed by atoms with Gasteiger partial charge >= 0.3 is 21.1 Å². The second kappa shape index (κ2) is 3.75. The highest BCUT2D eigenvalue weighted by molar-refractivity contribution is 5.61. The van der Waals surface area contributed by atoms with Gasteiger partial charge in [-0.05, 0) is 14.7 Å². The Labute approximate surface area is 84.7 Å². The van der Waals surface area contributed by atoms with Crippen molar-refractivity contribution < 1.29 is 31.0 Å². The lowest BCUT2D eigenvalue weighted by molar-refractivity contribution is -1.63. The van der Waals surface area contributed by atoms with E-state index < -0.39 is 27.2 Å². The number of benzene rings is 1. The van der Waals surface area contributed by atoms with Gasteiger partial charge in [0.1, 0.15) is 0 Å². The Kier molecular flexibility index (Phi) is 2.63. The van der Waals surface area contributed by atoms with Gasteiger partial charge < -0.3 is 6.87 Å². The summed E-state index contributed by atoms with van der Waals surface area (Å²) in [5.74, 6) is 0. The third kappa shape index (κ3) is 1.91. The first-order valence-corrected chi connectivity index (χ1v) is 6.41. The molecule has 68 valence electrons. The molecule has 1 unspecified atom stereocenters. The van der Waals surface area contributed by atoms with Crippen LogP contribution in [-0.2, 0) is 3.07 Å². The van der Waals surface area contributed by atoms with Crippen molar-refractivity contribution in [1.82, 2.24) is 0 Å². The van der Waals surface area contributed by atoms with Crippen LogP contribution in [0.5, 0.6) is 0 Å². The van der Waals surface area contributed by atoms with Crippen molar-refractivity contribution in [2.45, 2.75) is 6.10 Å². The van der Waals surface area contributed by atoms with E-state index in [2.05, 4.69) is 0 Å². The maximum atomic E-state index is 10.4. The van der Waals surface area contributed by atoms with Gasteiger partial charge in [0, 0.05) is 5.56 Å². The predicted molar refractivity (Wildman–Crippen MR) is 39.3 cm³/mol. The molecule has 0 saturated heterocycles. The summed E-state index contributed by atoms with van der Waals surface area (Å²) in [7, 11) is 0. The highest BCUT2D eigenvalue weighted by atomic mass is 127. The summed E-state index contributed by atoms with van der Waals surface area (Å²) in [6.45, 7) is 0. The molecule has 0 aliphatic heterocycles. The zero-order valence-corrected chi connectivity index (χ0v) is 8.80. The lowest BCUT2D eigenvalue weighted by Crippen LogP contribution is -3.99. The topological polar surface area (TPSA) is 55.3 Å². The van der Waals surface area contributed by atoms with Crippen molar-refractivity contribution in [3.63, 3.8) is 0 Å². The van der Waals surface area contributed by atoms with Crippen molar-refractivity contribution in [2.75, 3.05) is 0 Å². The molecule has 4 heteroatoms. The lowest BCUT2D eigenvalue weighted by atomic mass is 10.1. The molecule has 1 aromatic rings. The quantitative estimate of drug-likeness (QED) is 0.541. The third-order valence-electron chi connectivity index (χ3n) is 1.92. The number of hydrogen-bond acceptors (Lipinski definition) is 3. The van der Waals surface area contributed by atoms with E-state index in [4.69, 9.17) is 3.07 Å². The molecule has 1 aliphatic rings. The number of fused-ring (bicyclic) bond motifs is 1. The van der Waals surface area contributed by atoms with Crippen LogP contribution in [0.2, 0.25) is 0 Å². The molecular formula is C9H7IO3. The van der Waals surface area contributed by atoms with Gasteiger partial charge in [-0.2, -0.15) is 0 Å². The smallest absolute Gasteiger partial charge is 0.396 e. The maximum absolute atomic E-state index is 10.4. The van der Waals surface area contributed by atoms with E-state index >= 15 is 0 Å². The van der Waals surface area contributed by atoms with Crippen LogP contribution in [0.1, 0.15) is 17.2 Å². The largest absolute Gasteiger partial charge is 0.507 e. The average molecular weight is 290 g/mol. The molecule has 0 amide bonds. The molecule has 0 bridgehead atoms. The fourth-order valence-electron chi connectivity index (χ4n) is 1.37. The van der Waals surface area contributed by atoms with Crippen molar-refractivity contribution in [3.05, 3.63) is 41.5 Å². The Morgan fingerprint density at radius 1 is 1.23 bits per heavy atom. The summed E-state index contributed by atoms with van der Waals surface area (Å²) in [6, 6.07) is 7.59. The Morgan fingerprint density at radius 3 is 2.77 bits per heavy atom. The predicted octanol–water partition coefficient (Wildman–Crippen LogP) is -3.14. The lowest BCUT2D eigenvalue weighted by Gasteiger charge is -2.02. The molecule has 0 saturated carbocycles. The second-order valence-corrected chi connectivity index (χ2v) is 4.27. The van der Waals surface area contributed by atoms with Crippen LogP contribution in [0, 0.1) is 0 Å². The van der Waals surface area contributed by atoms with Gasteiger partial charge in [-0.15, -0.1) is 0 Å². The zero-order valence-electron chi connectivity index (χ0n) is 6.64. The van der Waals surface area contributed by atoms with E-state index in [0.29, 0.717) is 0 Å². The fraction of sp³-hybridized carbons (Fsp3) is 0.111. The molecule has 0 radical (unpaired) electrons. The second-order valence-electron chi connectivity index (χ2n) is 2.69. The van der Waals surface area contributed by atoms with Crippen LogP contribution in [-0.4, -0.2) is 0 Å². The van der Waals surface area contributed by atoms with E-state index in [1.807, 2.05) is 30.3 Å². The van der Waals surface area contributed by atoms with Crippen LogP contribution < -0.4 is 27.9 Å². The average Bonchev–Trinajstić information content (AvgIpc) is 2.48. The normalized spacial score (nSPS) is 19.5. The Hall–Kier alpha value is -0.430. The molecule has 1 aromatic carbocycles. The van der Waals surface area contributed by atoms with E-state index in [0.717, 1.165) is 11.1 Å². The summed E-state index contributed by atoms with van der Waals surface area (Å²) in [5, 5.41) is 0. The van der Waals surface area contributed by atoms with Crippen LogP contribution in [0.4, 0.5) is 0 Å². The van der Waals surface area contributed by atoms with Crippen molar-refractivity contribution in [3.8, 4) is 0 Å². The van der Waals surface area contributed by atoms with Gasteiger partial charge in [-0.1, -0.05) is 30.3 Å². The number of hydrogen-bond donors (Lipinski definition) is 0. The summed E-state index contributed by atoms with van der Waals surface area (Å²) < 4.78 is 25.7. The third-order valence-corrected chi connectivity index (χ3v) is 2.88. The molecule has 0 spiro atoms. The molecule has 3 nitrogen and oxygen atoms in total. The van der Waals surface area contributed by atoms with Gasteiger partial charge in [-0.3, -0.25) is 0 Å². The Morgan fingerprint density at radius 2 is 2.00 bits per heavy atom. The van der Waals surface area contributed by atoms with Gasteiger partial charge in [0.05, 0.1) is 0 Å². The maximum Gasteiger partial charge on any atom is 0.507 e. The van der Waals surface area contributed by atoms with Crippen molar-refractivity contribution >= 4 is 6.08 Å². The van der Waals surface area contributed by atoms with Gasteiger partial charge in [0.2, 0.25) is 0 Å².